The molecule has 0 aliphatic carbocycles. The number of ether oxygens (including phenoxy) is 1. The summed E-state index contributed by atoms with van der Waals surface area (Å²) >= 11 is 0. The Kier molecular flexibility index (Phi) is 6.02. The summed E-state index contributed by atoms with van der Waals surface area (Å²) in [6.45, 7) is 3.47. The second-order valence-corrected chi connectivity index (χ2v) is 2.56. The van der Waals surface area contributed by atoms with E-state index in [1.165, 1.54) is 6.08 Å². The summed E-state index contributed by atoms with van der Waals surface area (Å²) in [5.74, 6) is -0.874. The highest BCUT2D eigenvalue weighted by Crippen LogP contribution is 1.85. The Morgan fingerprint density at radius 1 is 1.50 bits per heavy atom. The molecule has 2 N–H and O–H groups in total. The molecule has 78 valence electrons. The molecule has 0 aromatic heterocycles. The number of esters is 1. The number of hydrogen-bond donors (Lipinski definition) is 2. The molecule has 5 heteroatoms. The molecule has 14 heavy (non-hydrogen) atoms. The number of allylic oxidation sites excluding steroid dienone is 1. The van der Waals surface area contributed by atoms with E-state index in [9.17, 15) is 9.59 Å². The van der Waals surface area contributed by atoms with Gasteiger partial charge in [-0.3, -0.25) is 9.59 Å². The number of amides is 1. The minimum Gasteiger partial charge on any atom is -0.465 e. The molecule has 0 unspecified atom stereocenters. The Bertz CT molecular complexity index is 259. The first kappa shape index (κ1) is 12.3. The molecule has 0 fully saturated rings. The Labute approximate surface area is 82.6 Å². The van der Waals surface area contributed by atoms with Crippen LogP contribution in [0.1, 0.15) is 13.8 Å². The fraction of sp³-hybridized carbons (Fsp3) is 0.444. The second kappa shape index (κ2) is 6.82. The van der Waals surface area contributed by atoms with Crippen LogP contribution in [-0.2, 0) is 14.3 Å². The van der Waals surface area contributed by atoms with E-state index in [0.717, 1.165) is 6.21 Å². The number of carbonyl (C=O) groups is 2. The van der Waals surface area contributed by atoms with Crippen molar-refractivity contribution >= 4 is 18.1 Å². The molecule has 0 bridgehead atoms. The zero-order valence-corrected chi connectivity index (χ0v) is 8.29. The molecular weight excluding hydrogens is 184 g/mol. The lowest BCUT2D eigenvalue weighted by atomic mass is 10.3. The summed E-state index contributed by atoms with van der Waals surface area (Å²) in [6, 6.07) is 0. The SMILES string of the molecule is CCOC(=O)CNC(=O)C=C(C)C=N. The number of rotatable bonds is 5. The van der Waals surface area contributed by atoms with E-state index in [-0.39, 0.29) is 6.54 Å². The van der Waals surface area contributed by atoms with Crippen LogP contribution in [-0.4, -0.2) is 31.2 Å². The van der Waals surface area contributed by atoms with Gasteiger partial charge in [0, 0.05) is 12.3 Å². The highest BCUT2D eigenvalue weighted by Gasteiger charge is 2.02. The van der Waals surface area contributed by atoms with Crippen molar-refractivity contribution in [1.82, 2.24) is 5.32 Å². The van der Waals surface area contributed by atoms with E-state index >= 15 is 0 Å². The topological polar surface area (TPSA) is 79.2 Å². The summed E-state index contributed by atoms with van der Waals surface area (Å²) < 4.78 is 4.60. The van der Waals surface area contributed by atoms with Crippen molar-refractivity contribution in [3.05, 3.63) is 11.6 Å². The van der Waals surface area contributed by atoms with Crippen LogP contribution in [0.25, 0.3) is 0 Å². The van der Waals surface area contributed by atoms with Gasteiger partial charge in [0.25, 0.3) is 0 Å². The normalized spacial score (nSPS) is 10.6. The van der Waals surface area contributed by atoms with Gasteiger partial charge in [-0.2, -0.15) is 0 Å². The fourth-order valence-electron chi connectivity index (χ4n) is 0.671. The lowest BCUT2D eigenvalue weighted by Gasteiger charge is -2.01. The summed E-state index contributed by atoms with van der Waals surface area (Å²) in [5, 5.41) is 9.16. The lowest BCUT2D eigenvalue weighted by molar-refractivity contribution is -0.143. The van der Waals surface area contributed by atoms with Gasteiger partial charge in [0.1, 0.15) is 6.54 Å². The van der Waals surface area contributed by atoms with Crippen molar-refractivity contribution in [3.8, 4) is 0 Å². The largest absolute Gasteiger partial charge is 0.465 e. The van der Waals surface area contributed by atoms with E-state index < -0.39 is 11.9 Å². The number of carbonyl (C=O) groups excluding carboxylic acids is 2. The van der Waals surface area contributed by atoms with Gasteiger partial charge in [0.05, 0.1) is 6.61 Å². The summed E-state index contributed by atoms with van der Waals surface area (Å²) in [7, 11) is 0. The van der Waals surface area contributed by atoms with E-state index in [0.29, 0.717) is 12.2 Å². The van der Waals surface area contributed by atoms with Crippen molar-refractivity contribution in [2.45, 2.75) is 13.8 Å². The zero-order chi connectivity index (χ0) is 11.0. The van der Waals surface area contributed by atoms with Crippen molar-refractivity contribution in [2.75, 3.05) is 13.2 Å². The standard InChI is InChI=1S/C9H14N2O3/c1-3-14-9(13)6-11-8(12)4-7(2)5-10/h4-5,10H,3,6H2,1-2H3,(H,11,12). The lowest BCUT2D eigenvalue weighted by Crippen LogP contribution is -2.29. The second-order valence-electron chi connectivity index (χ2n) is 2.56. The minimum absolute atomic E-state index is 0.144. The van der Waals surface area contributed by atoms with Gasteiger partial charge < -0.3 is 15.5 Å². The molecule has 0 aromatic rings. The monoisotopic (exact) mass is 198 g/mol. The van der Waals surface area contributed by atoms with Crippen LogP contribution >= 0.6 is 0 Å². The maximum atomic E-state index is 11.0. The molecule has 0 saturated heterocycles. The van der Waals surface area contributed by atoms with Crippen molar-refractivity contribution < 1.29 is 14.3 Å². The predicted octanol–water partition coefficient (Wildman–Crippen LogP) is 0.262. The molecule has 0 rings (SSSR count). The summed E-state index contributed by atoms with van der Waals surface area (Å²) in [4.78, 5) is 21.8. The molecule has 5 nitrogen and oxygen atoms in total. The first-order valence-electron chi connectivity index (χ1n) is 4.22. The Morgan fingerprint density at radius 2 is 2.14 bits per heavy atom. The fourth-order valence-corrected chi connectivity index (χ4v) is 0.671. The van der Waals surface area contributed by atoms with Crippen molar-refractivity contribution in [1.29, 1.82) is 5.41 Å². The van der Waals surface area contributed by atoms with Crippen LogP contribution in [0.3, 0.4) is 0 Å². The third-order valence-electron chi connectivity index (χ3n) is 1.30. The van der Waals surface area contributed by atoms with E-state index in [1.54, 1.807) is 13.8 Å². The molecule has 0 radical (unpaired) electrons. The van der Waals surface area contributed by atoms with E-state index in [2.05, 4.69) is 10.1 Å². The molecule has 0 saturated carbocycles. The number of nitrogens with one attached hydrogen (secondary N) is 2. The van der Waals surface area contributed by atoms with Crippen LogP contribution in [0.15, 0.2) is 11.6 Å². The molecule has 0 aliphatic rings. The third kappa shape index (κ3) is 5.93. The van der Waals surface area contributed by atoms with E-state index in [4.69, 9.17) is 5.41 Å². The molecule has 0 atom stereocenters. The Morgan fingerprint density at radius 3 is 2.64 bits per heavy atom. The van der Waals surface area contributed by atoms with Crippen molar-refractivity contribution in [3.63, 3.8) is 0 Å². The highest BCUT2D eigenvalue weighted by atomic mass is 16.5. The molecular formula is C9H14N2O3. The Balaban J connectivity index is 3.85. The molecule has 0 aromatic carbocycles. The quantitative estimate of drug-likeness (QED) is 0.378. The van der Waals surface area contributed by atoms with Gasteiger partial charge in [-0.05, 0) is 19.4 Å². The molecule has 0 spiro atoms. The molecule has 0 heterocycles. The van der Waals surface area contributed by atoms with Gasteiger partial charge in [-0.1, -0.05) is 0 Å². The average molecular weight is 198 g/mol. The summed E-state index contributed by atoms with van der Waals surface area (Å²) in [6.07, 6.45) is 2.30. The smallest absolute Gasteiger partial charge is 0.325 e. The minimum atomic E-state index is -0.471. The van der Waals surface area contributed by atoms with Crippen molar-refractivity contribution in [2.24, 2.45) is 0 Å². The van der Waals surface area contributed by atoms with Gasteiger partial charge in [-0.25, -0.2) is 0 Å². The van der Waals surface area contributed by atoms with Gasteiger partial charge in [-0.15, -0.1) is 0 Å². The third-order valence-corrected chi connectivity index (χ3v) is 1.30. The first-order chi connectivity index (χ1) is 6.60. The zero-order valence-electron chi connectivity index (χ0n) is 8.29. The van der Waals surface area contributed by atoms with Crippen LogP contribution in [0, 0.1) is 5.41 Å². The maximum absolute atomic E-state index is 11.0. The average Bonchev–Trinajstić information content (AvgIpc) is 2.15. The predicted molar refractivity (Wildman–Crippen MR) is 52.2 cm³/mol. The van der Waals surface area contributed by atoms with Crippen LogP contribution in [0.4, 0.5) is 0 Å². The van der Waals surface area contributed by atoms with Crippen LogP contribution < -0.4 is 5.32 Å². The first-order valence-corrected chi connectivity index (χ1v) is 4.22. The van der Waals surface area contributed by atoms with E-state index in [1.807, 2.05) is 0 Å². The highest BCUT2D eigenvalue weighted by molar-refractivity contribution is 5.95. The van der Waals surface area contributed by atoms with Crippen LogP contribution in [0.2, 0.25) is 0 Å². The van der Waals surface area contributed by atoms with Gasteiger partial charge in [0.15, 0.2) is 0 Å². The molecule has 0 aliphatic heterocycles. The van der Waals surface area contributed by atoms with Crippen LogP contribution in [0.5, 0.6) is 0 Å². The molecule has 1 amide bonds. The Hall–Kier alpha value is -1.65. The summed E-state index contributed by atoms with van der Waals surface area (Å²) in [5.41, 5.74) is 0.520. The number of hydrogen-bond acceptors (Lipinski definition) is 4. The van der Waals surface area contributed by atoms with Gasteiger partial charge >= 0.3 is 5.97 Å². The maximum Gasteiger partial charge on any atom is 0.325 e. The van der Waals surface area contributed by atoms with Gasteiger partial charge in [0.2, 0.25) is 5.91 Å².